The van der Waals surface area contributed by atoms with Crippen molar-refractivity contribution in [2.45, 2.75) is 12.7 Å². The van der Waals surface area contributed by atoms with Crippen molar-refractivity contribution in [1.82, 2.24) is 0 Å². The molecule has 1 nitrogen and oxygen atoms in total. The molecule has 0 spiro atoms. The average molecular weight is 216 g/mol. The molecular weight excluding hydrogens is 204 g/mol. The average Bonchev–Trinajstić information content (AvgIpc) is 2.27. The molecule has 2 aromatic carbocycles. The van der Waals surface area contributed by atoms with Crippen LogP contribution in [0.25, 0.3) is 10.8 Å². The lowest BCUT2D eigenvalue weighted by Gasteiger charge is -2.06. The Hall–Kier alpha value is -1.28. The van der Waals surface area contributed by atoms with Crippen LogP contribution in [0.2, 0.25) is 0 Å². The highest BCUT2D eigenvalue weighted by Crippen LogP contribution is 2.22. The molecule has 0 unspecified atom stereocenters. The first-order valence-electron chi connectivity index (χ1n) is 4.86. The van der Waals surface area contributed by atoms with E-state index in [1.54, 1.807) is 6.92 Å². The fourth-order valence-corrected chi connectivity index (χ4v) is 1.94. The number of Topliss-reactive ketones (excluding diaryl/α,β-unsaturated/α-hetero) is 1. The van der Waals surface area contributed by atoms with Gasteiger partial charge in [0.1, 0.15) is 0 Å². The van der Waals surface area contributed by atoms with Gasteiger partial charge in [0.2, 0.25) is 0 Å². The van der Waals surface area contributed by atoms with Crippen LogP contribution >= 0.6 is 12.6 Å². The second-order valence-electron chi connectivity index (χ2n) is 3.58. The van der Waals surface area contributed by atoms with E-state index in [1.165, 1.54) is 0 Å². The van der Waals surface area contributed by atoms with Crippen molar-refractivity contribution in [3.63, 3.8) is 0 Å². The number of hydrogen-bond donors (Lipinski definition) is 1. The zero-order valence-electron chi connectivity index (χ0n) is 8.53. The number of benzene rings is 2. The fraction of sp³-hybridized carbons (Fsp3) is 0.154. The van der Waals surface area contributed by atoms with Crippen LogP contribution in [0.3, 0.4) is 0 Å². The maximum absolute atomic E-state index is 11.5. The number of ketones is 1. The van der Waals surface area contributed by atoms with Crippen molar-refractivity contribution in [3.8, 4) is 0 Å². The SMILES string of the molecule is CC(=O)c1cc(CS)cc2ccccc12. The van der Waals surface area contributed by atoms with E-state index in [0.29, 0.717) is 5.75 Å². The number of hydrogen-bond acceptors (Lipinski definition) is 2. The molecule has 0 aliphatic heterocycles. The van der Waals surface area contributed by atoms with Crippen LogP contribution in [0.4, 0.5) is 0 Å². The van der Waals surface area contributed by atoms with Gasteiger partial charge in [0.15, 0.2) is 5.78 Å². The first kappa shape index (κ1) is 10.2. The summed E-state index contributed by atoms with van der Waals surface area (Å²) in [5.74, 6) is 0.764. The van der Waals surface area contributed by atoms with E-state index >= 15 is 0 Å². The van der Waals surface area contributed by atoms with Gasteiger partial charge in [0.05, 0.1) is 0 Å². The molecule has 2 rings (SSSR count). The second-order valence-corrected chi connectivity index (χ2v) is 3.90. The Morgan fingerprint density at radius 1 is 1.27 bits per heavy atom. The van der Waals surface area contributed by atoms with Gasteiger partial charge in [0, 0.05) is 11.3 Å². The molecule has 15 heavy (non-hydrogen) atoms. The van der Waals surface area contributed by atoms with E-state index in [9.17, 15) is 4.79 Å². The van der Waals surface area contributed by atoms with Crippen molar-refractivity contribution in [1.29, 1.82) is 0 Å². The van der Waals surface area contributed by atoms with Crippen molar-refractivity contribution >= 4 is 29.2 Å². The Bertz CT molecular complexity index is 517. The molecule has 0 amide bonds. The Morgan fingerprint density at radius 2 is 2.00 bits per heavy atom. The minimum atomic E-state index is 0.106. The predicted octanol–water partition coefficient (Wildman–Crippen LogP) is 3.47. The minimum absolute atomic E-state index is 0.106. The summed E-state index contributed by atoms with van der Waals surface area (Å²) in [5, 5.41) is 2.13. The molecule has 76 valence electrons. The highest BCUT2D eigenvalue weighted by atomic mass is 32.1. The first-order chi connectivity index (χ1) is 7.22. The summed E-state index contributed by atoms with van der Waals surface area (Å²) in [6, 6.07) is 11.9. The van der Waals surface area contributed by atoms with Gasteiger partial charge < -0.3 is 0 Å². The van der Waals surface area contributed by atoms with Crippen molar-refractivity contribution < 1.29 is 4.79 Å². The summed E-state index contributed by atoms with van der Waals surface area (Å²) < 4.78 is 0. The molecule has 0 aliphatic carbocycles. The minimum Gasteiger partial charge on any atom is -0.294 e. The molecule has 2 heteroatoms. The Kier molecular flexibility index (Phi) is 2.78. The van der Waals surface area contributed by atoms with Gasteiger partial charge in [-0.05, 0) is 29.3 Å². The molecule has 0 saturated carbocycles. The summed E-state index contributed by atoms with van der Waals surface area (Å²) in [5.41, 5.74) is 1.87. The van der Waals surface area contributed by atoms with Gasteiger partial charge in [-0.3, -0.25) is 4.79 Å². The monoisotopic (exact) mass is 216 g/mol. The van der Waals surface area contributed by atoms with E-state index in [-0.39, 0.29) is 5.78 Å². The third-order valence-electron chi connectivity index (χ3n) is 2.48. The highest BCUT2D eigenvalue weighted by molar-refractivity contribution is 7.79. The predicted molar refractivity (Wildman–Crippen MR) is 66.6 cm³/mol. The maximum atomic E-state index is 11.5. The van der Waals surface area contributed by atoms with Gasteiger partial charge >= 0.3 is 0 Å². The molecule has 0 bridgehead atoms. The quantitative estimate of drug-likeness (QED) is 0.601. The third-order valence-corrected chi connectivity index (χ3v) is 2.85. The summed E-state index contributed by atoms with van der Waals surface area (Å²) >= 11 is 4.24. The molecule has 0 saturated heterocycles. The van der Waals surface area contributed by atoms with Gasteiger partial charge in [-0.1, -0.05) is 30.3 Å². The summed E-state index contributed by atoms with van der Waals surface area (Å²) in [6.07, 6.45) is 0. The molecule has 0 fully saturated rings. The fourth-order valence-electron chi connectivity index (χ4n) is 1.76. The van der Waals surface area contributed by atoms with Crippen molar-refractivity contribution in [3.05, 3.63) is 47.5 Å². The lowest BCUT2D eigenvalue weighted by molar-refractivity contribution is 0.101. The largest absolute Gasteiger partial charge is 0.294 e. The Morgan fingerprint density at radius 3 is 2.67 bits per heavy atom. The first-order valence-corrected chi connectivity index (χ1v) is 5.49. The second kappa shape index (κ2) is 4.07. The molecule has 0 N–H and O–H groups in total. The molecule has 0 atom stereocenters. The molecule has 2 aromatic rings. The number of carbonyl (C=O) groups excluding carboxylic acids is 1. The number of rotatable bonds is 2. The van der Waals surface area contributed by atoms with Crippen LogP contribution in [0, 0.1) is 0 Å². The molecule has 0 radical (unpaired) electrons. The Balaban J connectivity index is 2.80. The van der Waals surface area contributed by atoms with E-state index in [1.807, 2.05) is 30.3 Å². The van der Waals surface area contributed by atoms with Crippen LogP contribution < -0.4 is 0 Å². The molecule has 0 aliphatic rings. The van der Waals surface area contributed by atoms with Crippen LogP contribution in [-0.2, 0) is 5.75 Å². The summed E-state index contributed by atoms with van der Waals surface area (Å²) in [6.45, 7) is 1.60. The molecule has 0 heterocycles. The van der Waals surface area contributed by atoms with Gasteiger partial charge in [-0.25, -0.2) is 0 Å². The van der Waals surface area contributed by atoms with E-state index in [0.717, 1.165) is 21.9 Å². The normalized spacial score (nSPS) is 10.5. The van der Waals surface area contributed by atoms with Crippen LogP contribution in [0.15, 0.2) is 36.4 Å². The van der Waals surface area contributed by atoms with E-state index in [4.69, 9.17) is 0 Å². The highest BCUT2D eigenvalue weighted by Gasteiger charge is 2.06. The van der Waals surface area contributed by atoms with Crippen molar-refractivity contribution in [2.24, 2.45) is 0 Å². The van der Waals surface area contributed by atoms with Gasteiger partial charge in [0.25, 0.3) is 0 Å². The lowest BCUT2D eigenvalue weighted by Crippen LogP contribution is -1.95. The van der Waals surface area contributed by atoms with Crippen LogP contribution in [-0.4, -0.2) is 5.78 Å². The van der Waals surface area contributed by atoms with E-state index in [2.05, 4.69) is 18.7 Å². The summed E-state index contributed by atoms with van der Waals surface area (Å²) in [4.78, 5) is 11.5. The van der Waals surface area contributed by atoms with Gasteiger partial charge in [-0.2, -0.15) is 12.6 Å². The Labute approximate surface area is 94.5 Å². The van der Waals surface area contributed by atoms with Crippen molar-refractivity contribution in [2.75, 3.05) is 0 Å². The van der Waals surface area contributed by atoms with Crippen LogP contribution in [0.1, 0.15) is 22.8 Å². The zero-order chi connectivity index (χ0) is 10.8. The molecular formula is C13H12OS. The lowest BCUT2D eigenvalue weighted by atomic mass is 9.99. The van der Waals surface area contributed by atoms with Gasteiger partial charge in [-0.15, -0.1) is 0 Å². The third kappa shape index (κ3) is 1.90. The smallest absolute Gasteiger partial charge is 0.160 e. The standard InChI is InChI=1S/C13H12OS/c1-9(14)13-7-10(8-15)6-11-4-2-3-5-12(11)13/h2-7,15H,8H2,1H3. The number of carbonyl (C=O) groups is 1. The topological polar surface area (TPSA) is 17.1 Å². The molecule has 0 aromatic heterocycles. The summed E-state index contributed by atoms with van der Waals surface area (Å²) in [7, 11) is 0. The van der Waals surface area contributed by atoms with Crippen LogP contribution in [0.5, 0.6) is 0 Å². The van der Waals surface area contributed by atoms with E-state index < -0.39 is 0 Å². The number of thiol groups is 1. The number of fused-ring (bicyclic) bond motifs is 1. The zero-order valence-corrected chi connectivity index (χ0v) is 9.42. The maximum Gasteiger partial charge on any atom is 0.160 e.